The van der Waals surface area contributed by atoms with Crippen LogP contribution in [0.3, 0.4) is 0 Å². The van der Waals surface area contributed by atoms with Crippen LogP contribution in [0.25, 0.3) is 0 Å². The average Bonchev–Trinajstić information content (AvgIpc) is 3.46. The summed E-state index contributed by atoms with van der Waals surface area (Å²) in [6, 6.07) is 0. The molecule has 0 bridgehead atoms. The first kappa shape index (κ1) is 87.2. The SMILES string of the molecule is CC/C=C\C/C=C\C/C=C\C/C=C\C/C=C\C/C=C\CCCCCCCCCCCCCCCCC(=O)OC(COC(=O)CCCCCCCCCCCCCCCCCCCCCCC/C=C\C/C=C\CCCCCCC)COC(OCC[N+](C)(C)C)C(=O)[O-]. The Kier molecular flexibility index (Phi) is 69.0. The smallest absolute Gasteiger partial charge is 0.306 e. The highest BCUT2D eigenvalue weighted by molar-refractivity contribution is 5.70. The van der Waals surface area contributed by atoms with Gasteiger partial charge in [-0.05, 0) is 96.3 Å². The van der Waals surface area contributed by atoms with Crippen molar-refractivity contribution >= 4 is 17.9 Å². The Morgan fingerprint density at radius 2 is 0.626 bits per heavy atom. The number of carboxylic acids is 1. The monoisotopic (exact) mass is 1270 g/mol. The number of hydrogen-bond donors (Lipinski definition) is 0. The molecule has 0 aliphatic rings. The number of esters is 2. The summed E-state index contributed by atoms with van der Waals surface area (Å²) in [5.74, 6) is -2.27. The van der Waals surface area contributed by atoms with Crippen LogP contribution < -0.4 is 5.11 Å². The van der Waals surface area contributed by atoms with Crippen LogP contribution in [-0.4, -0.2) is 82.3 Å². The summed E-state index contributed by atoms with van der Waals surface area (Å²) >= 11 is 0. The van der Waals surface area contributed by atoms with Crippen LogP contribution in [0.4, 0.5) is 0 Å². The quantitative estimate of drug-likeness (QED) is 0.0195. The Labute approximate surface area is 562 Å². The fraction of sp³-hybridized carbons (Fsp3) is 0.768. The zero-order valence-electron chi connectivity index (χ0n) is 60.2. The summed E-state index contributed by atoms with van der Waals surface area (Å²) in [7, 11) is 5.94. The van der Waals surface area contributed by atoms with E-state index in [0.29, 0.717) is 23.9 Å². The molecule has 0 radical (unpaired) electrons. The van der Waals surface area contributed by atoms with Gasteiger partial charge < -0.3 is 33.3 Å². The van der Waals surface area contributed by atoms with Crippen molar-refractivity contribution in [2.75, 3.05) is 47.5 Å². The van der Waals surface area contributed by atoms with E-state index in [1.807, 2.05) is 21.1 Å². The van der Waals surface area contributed by atoms with E-state index in [9.17, 15) is 19.5 Å². The van der Waals surface area contributed by atoms with E-state index in [4.69, 9.17) is 18.9 Å². The third-order valence-corrected chi connectivity index (χ3v) is 16.8. The lowest BCUT2D eigenvalue weighted by atomic mass is 10.0. The van der Waals surface area contributed by atoms with Crippen LogP contribution in [-0.2, 0) is 33.3 Å². The number of ether oxygens (including phenoxy) is 4. The molecule has 0 aromatic rings. The van der Waals surface area contributed by atoms with Crippen LogP contribution in [0.2, 0.25) is 0 Å². The summed E-state index contributed by atoms with van der Waals surface area (Å²) in [5.41, 5.74) is 0. The Balaban J connectivity index is 4.05. The first-order valence-electron chi connectivity index (χ1n) is 38.4. The molecule has 0 amide bonds. The summed E-state index contributed by atoms with van der Waals surface area (Å²) in [6.45, 7) is 4.67. The number of carboxylic acid groups (broad SMARTS) is 1. The average molecular weight is 1270 g/mol. The number of carbonyl (C=O) groups excluding carboxylic acids is 3. The summed E-state index contributed by atoms with van der Waals surface area (Å²) in [5, 5.41) is 11.9. The second-order valence-corrected chi connectivity index (χ2v) is 26.9. The van der Waals surface area contributed by atoms with Crippen LogP contribution in [0.5, 0.6) is 0 Å². The van der Waals surface area contributed by atoms with Gasteiger partial charge in [0.15, 0.2) is 12.4 Å². The fourth-order valence-electron chi connectivity index (χ4n) is 11.0. The third kappa shape index (κ3) is 73.5. The van der Waals surface area contributed by atoms with Crippen LogP contribution in [0.1, 0.15) is 348 Å². The molecule has 9 heteroatoms. The Morgan fingerprint density at radius 1 is 0.341 bits per heavy atom. The van der Waals surface area contributed by atoms with E-state index in [2.05, 4.69) is 111 Å². The van der Waals surface area contributed by atoms with E-state index >= 15 is 0 Å². The maximum atomic E-state index is 13.0. The largest absolute Gasteiger partial charge is 0.545 e. The van der Waals surface area contributed by atoms with Crippen molar-refractivity contribution in [3.05, 3.63) is 97.2 Å². The number of allylic oxidation sites excluding steroid dienone is 16. The number of unbranched alkanes of at least 4 members (excludes halogenated alkanes) is 40. The standard InChI is InChI=1S/C82H145NO8/c1-6-8-10-12-14-16-18-20-22-24-26-28-30-32-34-36-38-40-42-44-46-48-50-52-54-56-58-60-62-64-66-68-70-72-79(84)89-76-78(77-90-82(81(86)87)88-75-74-83(3,4)5)91-80(85)73-71-69-67-65-63-61-59-57-55-53-51-49-47-45-43-41-39-37-35-33-31-29-27-25-23-21-19-17-15-13-11-9-7-2/h9,11,15,17-18,20-21,23-24,26-27,29,33,35,39,41,78,82H,6-8,10,12-14,16,19,22,25,28,30-32,34,36-38,40,42-77H2,1-5H3/b11-9-,17-15-,20-18-,23-21-,26-24-,29-27-,35-33-,41-39-. The summed E-state index contributed by atoms with van der Waals surface area (Å²) < 4.78 is 22.9. The van der Waals surface area contributed by atoms with Gasteiger partial charge in [-0.2, -0.15) is 0 Å². The second-order valence-electron chi connectivity index (χ2n) is 26.9. The lowest BCUT2D eigenvalue weighted by Gasteiger charge is -2.26. The predicted molar refractivity (Wildman–Crippen MR) is 389 cm³/mol. The molecule has 0 rings (SSSR count). The Morgan fingerprint density at radius 3 is 0.934 bits per heavy atom. The van der Waals surface area contributed by atoms with E-state index < -0.39 is 24.3 Å². The summed E-state index contributed by atoms with van der Waals surface area (Å²) in [6.07, 6.45) is 96.5. The maximum Gasteiger partial charge on any atom is 0.306 e. The van der Waals surface area contributed by atoms with E-state index in [0.717, 1.165) is 83.5 Å². The van der Waals surface area contributed by atoms with Crippen LogP contribution in [0.15, 0.2) is 97.2 Å². The molecule has 0 aromatic carbocycles. The minimum Gasteiger partial charge on any atom is -0.545 e. The number of aliphatic carboxylic acids is 1. The van der Waals surface area contributed by atoms with Gasteiger partial charge in [0.2, 0.25) is 0 Å². The normalized spacial score (nSPS) is 13.2. The number of rotatable bonds is 71. The van der Waals surface area contributed by atoms with Gasteiger partial charge in [-0.25, -0.2) is 0 Å². The zero-order chi connectivity index (χ0) is 66.1. The van der Waals surface area contributed by atoms with Gasteiger partial charge in [0.1, 0.15) is 13.2 Å². The first-order chi connectivity index (χ1) is 44.6. The molecule has 0 aliphatic carbocycles. The highest BCUT2D eigenvalue weighted by Gasteiger charge is 2.22. The van der Waals surface area contributed by atoms with Gasteiger partial charge in [0.25, 0.3) is 0 Å². The number of nitrogens with zero attached hydrogens (tertiary/aromatic N) is 1. The van der Waals surface area contributed by atoms with Crippen molar-refractivity contribution in [3.63, 3.8) is 0 Å². The number of likely N-dealkylation sites (N-methyl/N-ethyl adjacent to an activating group) is 1. The van der Waals surface area contributed by atoms with Crippen LogP contribution in [0, 0.1) is 0 Å². The van der Waals surface area contributed by atoms with Crippen molar-refractivity contribution < 1.29 is 42.9 Å². The minimum absolute atomic E-state index is 0.146. The van der Waals surface area contributed by atoms with Gasteiger partial charge >= 0.3 is 11.9 Å². The molecular formula is C82H145NO8. The molecule has 0 aliphatic heterocycles. The maximum absolute atomic E-state index is 13.0. The van der Waals surface area contributed by atoms with E-state index in [1.165, 1.54) is 231 Å². The molecule has 0 spiro atoms. The number of carbonyl (C=O) groups is 3. The van der Waals surface area contributed by atoms with E-state index in [1.54, 1.807) is 0 Å². The predicted octanol–water partition coefficient (Wildman–Crippen LogP) is 23.0. The van der Waals surface area contributed by atoms with Crippen LogP contribution >= 0.6 is 0 Å². The van der Waals surface area contributed by atoms with E-state index in [-0.39, 0.29) is 32.2 Å². The number of hydrogen-bond acceptors (Lipinski definition) is 8. The molecule has 91 heavy (non-hydrogen) atoms. The lowest BCUT2D eigenvalue weighted by Crippen LogP contribution is -2.44. The van der Waals surface area contributed by atoms with Gasteiger partial charge in [0.05, 0.1) is 40.3 Å². The minimum atomic E-state index is -1.63. The number of quaternary nitrogens is 1. The van der Waals surface area contributed by atoms with Crippen molar-refractivity contribution in [1.29, 1.82) is 0 Å². The molecule has 0 fully saturated rings. The summed E-state index contributed by atoms with van der Waals surface area (Å²) in [4.78, 5) is 37.6. The lowest BCUT2D eigenvalue weighted by molar-refractivity contribution is -0.870. The molecule has 2 unspecified atom stereocenters. The van der Waals surface area contributed by atoms with Gasteiger partial charge in [-0.15, -0.1) is 0 Å². The molecule has 0 N–H and O–H groups in total. The highest BCUT2D eigenvalue weighted by Crippen LogP contribution is 2.18. The Hall–Kier alpha value is -3.79. The van der Waals surface area contributed by atoms with Crippen molar-refractivity contribution in [2.45, 2.75) is 360 Å². The zero-order valence-corrected chi connectivity index (χ0v) is 60.2. The fourth-order valence-corrected chi connectivity index (χ4v) is 11.0. The van der Waals surface area contributed by atoms with Crippen molar-refractivity contribution in [2.24, 2.45) is 0 Å². The molecule has 0 saturated heterocycles. The van der Waals surface area contributed by atoms with Crippen molar-refractivity contribution in [1.82, 2.24) is 0 Å². The second kappa shape index (κ2) is 72.0. The van der Waals surface area contributed by atoms with Gasteiger partial charge in [0, 0.05) is 12.8 Å². The highest BCUT2D eigenvalue weighted by atomic mass is 16.7. The molecule has 0 aromatic heterocycles. The molecular weight excluding hydrogens is 1130 g/mol. The molecule has 526 valence electrons. The topological polar surface area (TPSA) is 111 Å². The molecule has 0 saturated carbocycles. The van der Waals surface area contributed by atoms with Crippen molar-refractivity contribution in [3.8, 4) is 0 Å². The molecule has 0 heterocycles. The van der Waals surface area contributed by atoms with Gasteiger partial charge in [-0.1, -0.05) is 336 Å². The third-order valence-electron chi connectivity index (χ3n) is 16.8. The Bertz CT molecular complexity index is 1820. The molecule has 9 nitrogen and oxygen atoms in total. The first-order valence-corrected chi connectivity index (χ1v) is 38.4. The molecule has 2 atom stereocenters. The van der Waals surface area contributed by atoms with Gasteiger partial charge in [-0.3, -0.25) is 9.59 Å².